The van der Waals surface area contributed by atoms with Crippen molar-refractivity contribution in [2.24, 2.45) is 17.6 Å². The van der Waals surface area contributed by atoms with Crippen molar-refractivity contribution in [3.63, 3.8) is 0 Å². The van der Waals surface area contributed by atoms with Crippen LogP contribution in [0.3, 0.4) is 0 Å². The van der Waals surface area contributed by atoms with Gasteiger partial charge in [0.05, 0.1) is 6.61 Å². The summed E-state index contributed by atoms with van der Waals surface area (Å²) in [5.74, 6) is 1.17. The van der Waals surface area contributed by atoms with E-state index in [2.05, 4.69) is 46.4 Å². The van der Waals surface area contributed by atoms with Gasteiger partial charge in [0.2, 0.25) is 0 Å². The van der Waals surface area contributed by atoms with Crippen LogP contribution in [0.15, 0.2) is 0 Å². The minimum Gasteiger partial charge on any atom is -0.395 e. The summed E-state index contributed by atoms with van der Waals surface area (Å²) in [6, 6.07) is 0.564. The topological polar surface area (TPSA) is 49.5 Å². The van der Waals surface area contributed by atoms with E-state index >= 15 is 0 Å². The van der Waals surface area contributed by atoms with E-state index in [0.717, 1.165) is 13.0 Å². The SMILES string of the molecule is CC(C)CC(N)C(CO)N(CC(C)C)C(C)C. The molecule has 0 aromatic rings. The zero-order valence-electron chi connectivity index (χ0n) is 12.5. The van der Waals surface area contributed by atoms with Gasteiger partial charge in [0.15, 0.2) is 0 Å². The third-order valence-electron chi connectivity index (χ3n) is 3.09. The second-order valence-electron chi connectivity index (χ2n) is 6.23. The molecular formula is C14H32N2O. The van der Waals surface area contributed by atoms with Crippen molar-refractivity contribution in [1.29, 1.82) is 0 Å². The molecule has 0 aliphatic heterocycles. The Morgan fingerprint density at radius 2 is 1.53 bits per heavy atom. The van der Waals surface area contributed by atoms with Crippen molar-refractivity contribution < 1.29 is 5.11 Å². The van der Waals surface area contributed by atoms with Gasteiger partial charge in [-0.2, -0.15) is 0 Å². The molecule has 3 nitrogen and oxygen atoms in total. The predicted molar refractivity (Wildman–Crippen MR) is 75.0 cm³/mol. The minimum atomic E-state index is 0.0566. The van der Waals surface area contributed by atoms with Gasteiger partial charge in [-0.15, -0.1) is 0 Å². The quantitative estimate of drug-likeness (QED) is 0.687. The largest absolute Gasteiger partial charge is 0.395 e. The van der Waals surface area contributed by atoms with E-state index in [1.807, 2.05) is 0 Å². The zero-order valence-corrected chi connectivity index (χ0v) is 12.5. The van der Waals surface area contributed by atoms with Crippen LogP contribution in [0.25, 0.3) is 0 Å². The molecule has 0 aliphatic carbocycles. The Bertz CT molecular complexity index is 193. The third-order valence-corrected chi connectivity index (χ3v) is 3.09. The molecule has 0 spiro atoms. The fraction of sp³-hybridized carbons (Fsp3) is 1.00. The van der Waals surface area contributed by atoms with E-state index in [1.165, 1.54) is 0 Å². The normalized spacial score (nSPS) is 16.2. The number of aliphatic hydroxyl groups is 1. The number of aliphatic hydroxyl groups excluding tert-OH is 1. The first kappa shape index (κ1) is 16.9. The van der Waals surface area contributed by atoms with E-state index in [9.17, 15) is 5.11 Å². The molecule has 0 aromatic carbocycles. The van der Waals surface area contributed by atoms with Crippen LogP contribution in [0.5, 0.6) is 0 Å². The molecule has 0 aliphatic rings. The van der Waals surface area contributed by atoms with E-state index < -0.39 is 0 Å². The van der Waals surface area contributed by atoms with Crippen LogP contribution in [-0.4, -0.2) is 41.3 Å². The highest BCUT2D eigenvalue weighted by Gasteiger charge is 2.27. The molecule has 0 saturated carbocycles. The standard InChI is InChI=1S/C14H32N2O/c1-10(2)7-13(15)14(9-17)16(12(5)6)8-11(3)4/h10-14,17H,7-9,15H2,1-6H3. The highest BCUT2D eigenvalue weighted by molar-refractivity contribution is 4.84. The molecule has 0 saturated heterocycles. The first-order valence-electron chi connectivity index (χ1n) is 6.91. The number of hydrogen-bond donors (Lipinski definition) is 2. The number of nitrogens with two attached hydrogens (primary N) is 1. The molecule has 3 heteroatoms. The number of hydrogen-bond acceptors (Lipinski definition) is 3. The average molecular weight is 244 g/mol. The van der Waals surface area contributed by atoms with Crippen LogP contribution in [0, 0.1) is 11.8 Å². The minimum absolute atomic E-state index is 0.0566. The van der Waals surface area contributed by atoms with Crippen molar-refractivity contribution in [1.82, 2.24) is 4.90 Å². The Morgan fingerprint density at radius 1 is 1.00 bits per heavy atom. The number of nitrogens with zero attached hydrogens (tertiary/aromatic N) is 1. The first-order chi connectivity index (χ1) is 7.79. The monoisotopic (exact) mass is 244 g/mol. The molecule has 0 heterocycles. The summed E-state index contributed by atoms with van der Waals surface area (Å²) in [6.07, 6.45) is 0.965. The molecule has 2 atom stereocenters. The van der Waals surface area contributed by atoms with E-state index in [0.29, 0.717) is 17.9 Å². The summed E-state index contributed by atoms with van der Waals surface area (Å²) >= 11 is 0. The van der Waals surface area contributed by atoms with Gasteiger partial charge < -0.3 is 10.8 Å². The average Bonchev–Trinajstić information content (AvgIpc) is 2.15. The highest BCUT2D eigenvalue weighted by Crippen LogP contribution is 2.15. The second kappa shape index (κ2) is 8.06. The Hall–Kier alpha value is -0.120. The summed E-state index contributed by atoms with van der Waals surface area (Å²) in [4.78, 5) is 2.34. The van der Waals surface area contributed by atoms with Gasteiger partial charge in [-0.05, 0) is 32.1 Å². The molecule has 0 radical (unpaired) electrons. The Morgan fingerprint density at radius 3 is 1.82 bits per heavy atom. The fourth-order valence-electron chi connectivity index (χ4n) is 2.34. The summed E-state index contributed by atoms with van der Waals surface area (Å²) in [5, 5.41) is 9.62. The van der Waals surface area contributed by atoms with E-state index in [-0.39, 0.29) is 18.7 Å². The summed E-state index contributed by atoms with van der Waals surface area (Å²) in [6.45, 7) is 14.3. The van der Waals surface area contributed by atoms with Crippen LogP contribution in [0.2, 0.25) is 0 Å². The molecule has 0 rings (SSSR count). The van der Waals surface area contributed by atoms with Crippen LogP contribution in [0.1, 0.15) is 48.0 Å². The first-order valence-corrected chi connectivity index (χ1v) is 6.91. The highest BCUT2D eigenvalue weighted by atomic mass is 16.3. The molecule has 0 fully saturated rings. The van der Waals surface area contributed by atoms with Crippen LogP contribution >= 0.6 is 0 Å². The fourth-order valence-corrected chi connectivity index (χ4v) is 2.34. The maximum Gasteiger partial charge on any atom is 0.0602 e. The lowest BCUT2D eigenvalue weighted by atomic mass is 9.96. The van der Waals surface area contributed by atoms with E-state index in [1.54, 1.807) is 0 Å². The molecule has 0 bridgehead atoms. The van der Waals surface area contributed by atoms with Gasteiger partial charge in [-0.1, -0.05) is 27.7 Å². The maximum absolute atomic E-state index is 9.62. The molecule has 3 N–H and O–H groups in total. The molecule has 2 unspecified atom stereocenters. The van der Waals surface area contributed by atoms with Gasteiger partial charge in [0.1, 0.15) is 0 Å². The van der Waals surface area contributed by atoms with Crippen molar-refractivity contribution in [2.75, 3.05) is 13.2 Å². The lowest BCUT2D eigenvalue weighted by Crippen LogP contribution is -2.54. The molecule has 104 valence electrons. The second-order valence-corrected chi connectivity index (χ2v) is 6.23. The van der Waals surface area contributed by atoms with Gasteiger partial charge in [0.25, 0.3) is 0 Å². The molecule has 0 aromatic heterocycles. The van der Waals surface area contributed by atoms with Gasteiger partial charge >= 0.3 is 0 Å². The molecular weight excluding hydrogens is 212 g/mol. The van der Waals surface area contributed by atoms with Crippen LogP contribution < -0.4 is 5.73 Å². The summed E-state index contributed by atoms with van der Waals surface area (Å²) in [7, 11) is 0. The lowest BCUT2D eigenvalue weighted by Gasteiger charge is -2.38. The van der Waals surface area contributed by atoms with E-state index in [4.69, 9.17) is 5.73 Å². The zero-order chi connectivity index (χ0) is 13.6. The smallest absolute Gasteiger partial charge is 0.0602 e. The van der Waals surface area contributed by atoms with Crippen molar-refractivity contribution in [2.45, 2.75) is 66.1 Å². The molecule has 0 amide bonds. The van der Waals surface area contributed by atoms with Gasteiger partial charge in [-0.3, -0.25) is 4.90 Å². The summed E-state index contributed by atoms with van der Waals surface area (Å²) < 4.78 is 0. The Labute approximate surface area is 107 Å². The van der Waals surface area contributed by atoms with Crippen molar-refractivity contribution >= 4 is 0 Å². The Balaban J connectivity index is 4.65. The number of rotatable bonds is 8. The van der Waals surface area contributed by atoms with Gasteiger partial charge in [0, 0.05) is 24.7 Å². The maximum atomic E-state index is 9.62. The summed E-state index contributed by atoms with van der Waals surface area (Å²) in [5.41, 5.74) is 6.24. The predicted octanol–water partition coefficient (Wildman–Crippen LogP) is 2.09. The van der Waals surface area contributed by atoms with Gasteiger partial charge in [-0.25, -0.2) is 0 Å². The van der Waals surface area contributed by atoms with Crippen molar-refractivity contribution in [3.8, 4) is 0 Å². The van der Waals surface area contributed by atoms with Crippen molar-refractivity contribution in [3.05, 3.63) is 0 Å². The Kier molecular flexibility index (Phi) is 8.01. The lowest BCUT2D eigenvalue weighted by molar-refractivity contribution is 0.0636. The van der Waals surface area contributed by atoms with Crippen LogP contribution in [0.4, 0.5) is 0 Å². The van der Waals surface area contributed by atoms with Crippen LogP contribution in [-0.2, 0) is 0 Å². The molecule has 17 heavy (non-hydrogen) atoms. The third kappa shape index (κ3) is 6.39.